The predicted octanol–water partition coefficient (Wildman–Crippen LogP) is 2.41. The average Bonchev–Trinajstić information content (AvgIpc) is 3.16. The Balaban J connectivity index is 1.11. The Morgan fingerprint density at radius 3 is 2.70 bits per heavy atom. The number of nitrogens with zero attached hydrogens (tertiary/aromatic N) is 2. The SMILES string of the molecule is O=C1NC(CCCC(=O)N2CCC(n3c(=O)[nH]c4c(F)cccc43)CC2)NC2CCCCC12. The van der Waals surface area contributed by atoms with Gasteiger partial charge in [-0.2, -0.15) is 0 Å². The summed E-state index contributed by atoms with van der Waals surface area (Å²) in [5.74, 6) is -0.0645. The summed E-state index contributed by atoms with van der Waals surface area (Å²) in [6.07, 6.45) is 7.49. The summed E-state index contributed by atoms with van der Waals surface area (Å²) in [6, 6.07) is 4.92. The van der Waals surface area contributed by atoms with Crippen LogP contribution in [0.1, 0.15) is 63.8 Å². The molecule has 3 atom stereocenters. The molecule has 8 nitrogen and oxygen atoms in total. The Morgan fingerprint density at radius 2 is 1.88 bits per heavy atom. The monoisotopic (exact) mass is 457 g/mol. The van der Waals surface area contributed by atoms with Gasteiger partial charge in [-0.15, -0.1) is 0 Å². The zero-order chi connectivity index (χ0) is 22.9. The van der Waals surface area contributed by atoms with Gasteiger partial charge in [-0.1, -0.05) is 18.9 Å². The summed E-state index contributed by atoms with van der Waals surface area (Å²) in [7, 11) is 0. The minimum absolute atomic E-state index is 0.0514. The molecular formula is C24H32FN5O3. The fraction of sp³-hybridized carbons (Fsp3) is 0.625. The standard InChI is InChI=1S/C24H32FN5O3/c25-17-6-3-8-19-22(17)28-24(33)30(19)15-11-13-29(14-12-15)21(31)10-4-9-20-26-18-7-2-1-5-16(18)23(32)27-20/h3,6,8,15-16,18,20,26H,1-2,4-5,7,9-14H2,(H,27,32)(H,28,33). The van der Waals surface area contributed by atoms with E-state index >= 15 is 0 Å². The number of H-pyrrole nitrogens is 1. The third-order valence-corrected chi connectivity index (χ3v) is 7.60. The number of carbonyl (C=O) groups excluding carboxylic acids is 2. The van der Waals surface area contributed by atoms with Gasteiger partial charge in [-0.3, -0.25) is 19.5 Å². The van der Waals surface area contributed by atoms with Crippen LogP contribution < -0.4 is 16.3 Å². The first kappa shape index (κ1) is 22.1. The van der Waals surface area contributed by atoms with E-state index in [0.29, 0.717) is 37.9 Å². The second-order valence-electron chi connectivity index (χ2n) is 9.66. The zero-order valence-corrected chi connectivity index (χ0v) is 18.8. The molecule has 178 valence electrons. The van der Waals surface area contributed by atoms with E-state index < -0.39 is 5.82 Å². The zero-order valence-electron chi connectivity index (χ0n) is 18.8. The number of nitrogens with one attached hydrogen (secondary N) is 3. The first-order chi connectivity index (χ1) is 16.0. The molecule has 3 N–H and O–H groups in total. The van der Waals surface area contributed by atoms with Crippen molar-refractivity contribution in [3.63, 3.8) is 0 Å². The Hall–Kier alpha value is -2.68. The van der Waals surface area contributed by atoms with Crippen molar-refractivity contribution in [3.05, 3.63) is 34.5 Å². The molecule has 3 heterocycles. The maximum absolute atomic E-state index is 14.0. The fourth-order valence-electron chi connectivity index (χ4n) is 5.84. The van der Waals surface area contributed by atoms with Crippen molar-refractivity contribution in [1.29, 1.82) is 0 Å². The van der Waals surface area contributed by atoms with Crippen LogP contribution in [0.5, 0.6) is 0 Å². The minimum Gasteiger partial charge on any atom is -0.343 e. The quantitative estimate of drug-likeness (QED) is 0.642. The molecule has 1 saturated carbocycles. The number of likely N-dealkylation sites (tertiary alicyclic amines) is 1. The van der Waals surface area contributed by atoms with E-state index in [-0.39, 0.29) is 47.2 Å². The molecule has 2 aliphatic heterocycles. The number of para-hydroxylation sites is 1. The second kappa shape index (κ2) is 9.29. The maximum atomic E-state index is 14.0. The molecule has 0 bridgehead atoms. The van der Waals surface area contributed by atoms with E-state index in [1.165, 1.54) is 12.5 Å². The summed E-state index contributed by atoms with van der Waals surface area (Å²) in [5.41, 5.74) is 0.512. The lowest BCUT2D eigenvalue weighted by atomic mass is 9.82. The van der Waals surface area contributed by atoms with Crippen molar-refractivity contribution in [2.45, 2.75) is 76.0 Å². The molecule has 3 fully saturated rings. The molecular weight excluding hydrogens is 425 g/mol. The molecule has 9 heteroatoms. The third-order valence-electron chi connectivity index (χ3n) is 7.60. The maximum Gasteiger partial charge on any atom is 0.326 e. The van der Waals surface area contributed by atoms with Gasteiger partial charge in [0, 0.05) is 31.6 Å². The lowest BCUT2D eigenvalue weighted by Crippen LogP contribution is -2.62. The second-order valence-corrected chi connectivity index (χ2v) is 9.66. The van der Waals surface area contributed by atoms with E-state index in [0.717, 1.165) is 32.1 Å². The average molecular weight is 458 g/mol. The number of fused-ring (bicyclic) bond motifs is 2. The van der Waals surface area contributed by atoms with Gasteiger partial charge in [0.15, 0.2) is 0 Å². The van der Waals surface area contributed by atoms with Gasteiger partial charge in [0.05, 0.1) is 17.6 Å². The van der Waals surface area contributed by atoms with Gasteiger partial charge >= 0.3 is 5.69 Å². The van der Waals surface area contributed by atoms with Crippen LogP contribution in [-0.2, 0) is 9.59 Å². The number of piperidine rings is 1. The van der Waals surface area contributed by atoms with Gasteiger partial charge in [-0.05, 0) is 50.7 Å². The van der Waals surface area contributed by atoms with Gasteiger partial charge in [0.1, 0.15) is 11.3 Å². The highest BCUT2D eigenvalue weighted by atomic mass is 19.1. The Morgan fingerprint density at radius 1 is 1.09 bits per heavy atom. The smallest absolute Gasteiger partial charge is 0.326 e. The van der Waals surface area contributed by atoms with Crippen LogP contribution in [0, 0.1) is 11.7 Å². The van der Waals surface area contributed by atoms with Crippen LogP contribution in [0.3, 0.4) is 0 Å². The summed E-state index contributed by atoms with van der Waals surface area (Å²) < 4.78 is 15.6. The number of benzene rings is 1. The van der Waals surface area contributed by atoms with Crippen molar-refractivity contribution in [1.82, 2.24) is 25.1 Å². The van der Waals surface area contributed by atoms with Crippen LogP contribution in [0.4, 0.5) is 4.39 Å². The molecule has 33 heavy (non-hydrogen) atoms. The van der Waals surface area contributed by atoms with Gasteiger partial charge in [0.2, 0.25) is 11.8 Å². The molecule has 3 unspecified atom stereocenters. The Kier molecular flexibility index (Phi) is 6.23. The largest absolute Gasteiger partial charge is 0.343 e. The van der Waals surface area contributed by atoms with Crippen LogP contribution in [-0.4, -0.2) is 51.6 Å². The number of aromatic nitrogens is 2. The number of halogens is 1. The van der Waals surface area contributed by atoms with Crippen LogP contribution >= 0.6 is 0 Å². The molecule has 2 saturated heterocycles. The molecule has 1 aliphatic carbocycles. The minimum atomic E-state index is -0.432. The van der Waals surface area contributed by atoms with Crippen LogP contribution in [0.15, 0.2) is 23.0 Å². The number of rotatable bonds is 5. The van der Waals surface area contributed by atoms with Crippen molar-refractivity contribution in [2.75, 3.05) is 13.1 Å². The molecule has 1 aromatic carbocycles. The predicted molar refractivity (Wildman–Crippen MR) is 122 cm³/mol. The molecule has 1 aromatic heterocycles. The van der Waals surface area contributed by atoms with Crippen molar-refractivity contribution in [3.8, 4) is 0 Å². The molecule has 5 rings (SSSR count). The number of carbonyl (C=O) groups is 2. The normalized spacial score (nSPS) is 26.3. The van der Waals surface area contributed by atoms with Crippen molar-refractivity contribution < 1.29 is 14.0 Å². The summed E-state index contributed by atoms with van der Waals surface area (Å²) in [5, 5.41) is 6.64. The molecule has 2 amide bonds. The summed E-state index contributed by atoms with van der Waals surface area (Å²) >= 11 is 0. The molecule has 0 radical (unpaired) electrons. The highest BCUT2D eigenvalue weighted by molar-refractivity contribution is 5.80. The van der Waals surface area contributed by atoms with Gasteiger partial charge < -0.3 is 15.2 Å². The van der Waals surface area contributed by atoms with E-state index in [2.05, 4.69) is 15.6 Å². The number of imidazole rings is 1. The summed E-state index contributed by atoms with van der Waals surface area (Å²) in [4.78, 5) is 42.0. The van der Waals surface area contributed by atoms with Gasteiger partial charge in [-0.25, -0.2) is 9.18 Å². The lowest BCUT2D eigenvalue weighted by molar-refractivity contribution is -0.132. The first-order valence-electron chi connectivity index (χ1n) is 12.2. The van der Waals surface area contributed by atoms with E-state index in [4.69, 9.17) is 0 Å². The topological polar surface area (TPSA) is 99.2 Å². The number of hydrogen-bond acceptors (Lipinski definition) is 4. The van der Waals surface area contributed by atoms with E-state index in [9.17, 15) is 18.8 Å². The van der Waals surface area contributed by atoms with Crippen LogP contribution in [0.2, 0.25) is 0 Å². The van der Waals surface area contributed by atoms with E-state index in [1.54, 1.807) is 16.7 Å². The fourth-order valence-corrected chi connectivity index (χ4v) is 5.84. The van der Waals surface area contributed by atoms with Crippen LogP contribution in [0.25, 0.3) is 11.0 Å². The van der Waals surface area contributed by atoms with Crippen molar-refractivity contribution in [2.24, 2.45) is 5.92 Å². The first-order valence-corrected chi connectivity index (χ1v) is 12.2. The highest BCUT2D eigenvalue weighted by Crippen LogP contribution is 2.28. The van der Waals surface area contributed by atoms with Gasteiger partial charge in [0.25, 0.3) is 0 Å². The molecule has 3 aliphatic rings. The number of amides is 2. The van der Waals surface area contributed by atoms with E-state index in [1.807, 2.05) is 4.90 Å². The van der Waals surface area contributed by atoms with Crippen molar-refractivity contribution >= 4 is 22.8 Å². The third kappa shape index (κ3) is 4.43. The lowest BCUT2D eigenvalue weighted by Gasteiger charge is -2.40. The molecule has 2 aromatic rings. The Bertz CT molecular complexity index is 1090. The molecule has 0 spiro atoms. The summed E-state index contributed by atoms with van der Waals surface area (Å²) in [6.45, 7) is 1.17. The Labute approximate surface area is 191 Å². The highest BCUT2D eigenvalue weighted by Gasteiger charge is 2.37. The number of hydrogen-bond donors (Lipinski definition) is 3. The number of aromatic amines is 1.